The number of piperazine rings is 1. The number of nitrogens with two attached hydrogens (primary N) is 1. The summed E-state index contributed by atoms with van der Waals surface area (Å²) in [4.78, 5) is 20.7. The molecule has 1 aliphatic rings. The molecule has 1 amide bonds. The Labute approximate surface area is 256 Å². The van der Waals surface area contributed by atoms with E-state index in [1.807, 2.05) is 71.6 Å². The van der Waals surface area contributed by atoms with Gasteiger partial charge < -0.3 is 20.5 Å². The summed E-state index contributed by atoms with van der Waals surface area (Å²) in [5, 5.41) is 10.9. The third kappa shape index (κ3) is 6.16. The molecule has 4 aromatic rings. The van der Waals surface area contributed by atoms with Gasteiger partial charge in [0.1, 0.15) is 0 Å². The van der Waals surface area contributed by atoms with Gasteiger partial charge in [-0.1, -0.05) is 77.8 Å². The summed E-state index contributed by atoms with van der Waals surface area (Å²) >= 11 is 14.0. The van der Waals surface area contributed by atoms with Gasteiger partial charge >= 0.3 is 0 Å². The number of aliphatic hydroxyl groups is 1. The molecule has 1 aromatic heterocycles. The van der Waals surface area contributed by atoms with Crippen LogP contribution >= 0.6 is 23.2 Å². The zero-order valence-electron chi connectivity index (χ0n) is 23.7. The summed E-state index contributed by atoms with van der Waals surface area (Å²) in [7, 11) is 1.62. The Kier molecular flexibility index (Phi) is 9.46. The lowest BCUT2D eigenvalue weighted by molar-refractivity contribution is -0.130. The molecule has 218 valence electrons. The van der Waals surface area contributed by atoms with Gasteiger partial charge in [-0.15, -0.1) is 0 Å². The van der Waals surface area contributed by atoms with Crippen molar-refractivity contribution >= 4 is 29.1 Å². The number of carbonyl (C=O) groups is 1. The number of methoxy groups -OCH3 is 1. The summed E-state index contributed by atoms with van der Waals surface area (Å²) in [6.07, 6.45) is 0. The minimum absolute atomic E-state index is 0.0999. The number of aliphatic hydroxyl groups excluding tert-OH is 1. The number of aromatic nitrogens is 1. The van der Waals surface area contributed by atoms with Crippen LogP contribution in [0.4, 0.5) is 0 Å². The fraction of sp³-hybridized carbons (Fsp3) is 0.273. The Morgan fingerprint density at radius 2 is 1.50 bits per heavy atom. The fourth-order valence-corrected chi connectivity index (χ4v) is 6.08. The highest BCUT2D eigenvalue weighted by Gasteiger charge is 2.21. The van der Waals surface area contributed by atoms with Crippen molar-refractivity contribution in [2.75, 3.05) is 33.3 Å². The van der Waals surface area contributed by atoms with E-state index < -0.39 is 0 Å². The van der Waals surface area contributed by atoms with Crippen LogP contribution in [0.2, 0.25) is 10.0 Å². The van der Waals surface area contributed by atoms with Crippen molar-refractivity contribution < 1.29 is 14.6 Å². The second kappa shape index (κ2) is 13.2. The average molecular weight is 606 g/mol. The van der Waals surface area contributed by atoms with E-state index in [1.54, 1.807) is 14.0 Å². The van der Waals surface area contributed by atoms with Crippen LogP contribution in [0.3, 0.4) is 0 Å². The maximum absolute atomic E-state index is 11.7. The fourth-order valence-electron chi connectivity index (χ4n) is 5.42. The minimum atomic E-state index is -0.0999. The molecule has 5 rings (SSSR count). The number of rotatable bonds is 8. The zero-order valence-corrected chi connectivity index (χ0v) is 25.3. The monoisotopic (exact) mass is 604 g/mol. The molecule has 0 unspecified atom stereocenters. The third-order valence-electron chi connectivity index (χ3n) is 7.82. The van der Waals surface area contributed by atoms with E-state index in [1.165, 1.54) is 0 Å². The molecule has 0 bridgehead atoms. The van der Waals surface area contributed by atoms with Gasteiger partial charge in [0.05, 0.1) is 29.5 Å². The molecule has 0 radical (unpaired) electrons. The van der Waals surface area contributed by atoms with Crippen molar-refractivity contribution in [3.05, 3.63) is 93.5 Å². The third-order valence-corrected chi connectivity index (χ3v) is 8.63. The van der Waals surface area contributed by atoms with E-state index in [2.05, 4.69) is 4.90 Å². The molecule has 1 saturated heterocycles. The predicted octanol–water partition coefficient (Wildman–Crippen LogP) is 6.01. The second-order valence-corrected chi connectivity index (χ2v) is 11.1. The SMILES string of the molecule is COc1nc(-c2cccc(-c3cccc(-c4ccc(CN)c(CO)c4)c3Cl)c2Cl)ccc1CN1CCN(C(C)=O)CC1. The highest BCUT2D eigenvalue weighted by Crippen LogP contribution is 2.42. The maximum Gasteiger partial charge on any atom is 0.219 e. The molecule has 1 fully saturated rings. The molecule has 3 N–H and O–H groups in total. The molecule has 3 aromatic carbocycles. The number of hydrogen-bond acceptors (Lipinski definition) is 6. The Balaban J connectivity index is 1.45. The molecule has 9 heteroatoms. The van der Waals surface area contributed by atoms with Crippen molar-refractivity contribution in [3.63, 3.8) is 0 Å². The van der Waals surface area contributed by atoms with Gasteiger partial charge in [-0.2, -0.15) is 0 Å². The zero-order chi connectivity index (χ0) is 29.8. The number of nitrogens with zero attached hydrogens (tertiary/aromatic N) is 3. The first-order valence-electron chi connectivity index (χ1n) is 13.9. The van der Waals surface area contributed by atoms with Gasteiger partial charge in [0, 0.05) is 74.0 Å². The van der Waals surface area contributed by atoms with Crippen LogP contribution < -0.4 is 10.5 Å². The van der Waals surface area contributed by atoms with Crippen LogP contribution in [-0.4, -0.2) is 59.1 Å². The highest BCUT2D eigenvalue weighted by atomic mass is 35.5. The number of amides is 1. The average Bonchev–Trinajstić information content (AvgIpc) is 3.01. The summed E-state index contributed by atoms with van der Waals surface area (Å²) in [5.41, 5.74) is 13.2. The summed E-state index contributed by atoms with van der Waals surface area (Å²) in [5.74, 6) is 0.658. The Bertz CT molecular complexity index is 1600. The van der Waals surface area contributed by atoms with E-state index >= 15 is 0 Å². The highest BCUT2D eigenvalue weighted by molar-refractivity contribution is 6.39. The largest absolute Gasteiger partial charge is 0.481 e. The van der Waals surface area contributed by atoms with E-state index in [0.29, 0.717) is 34.7 Å². The number of ether oxygens (including phenoxy) is 1. The first-order valence-corrected chi connectivity index (χ1v) is 14.6. The topological polar surface area (TPSA) is 91.9 Å². The maximum atomic E-state index is 11.7. The lowest BCUT2D eigenvalue weighted by Crippen LogP contribution is -2.47. The molecule has 0 aliphatic carbocycles. The van der Waals surface area contributed by atoms with Crippen LogP contribution in [0.5, 0.6) is 5.88 Å². The van der Waals surface area contributed by atoms with Crippen LogP contribution in [0.25, 0.3) is 33.5 Å². The predicted molar refractivity (Wildman–Crippen MR) is 168 cm³/mol. The number of benzene rings is 3. The van der Waals surface area contributed by atoms with Gasteiger partial charge in [0.15, 0.2) is 0 Å². The number of halogens is 2. The minimum Gasteiger partial charge on any atom is -0.481 e. The van der Waals surface area contributed by atoms with Gasteiger partial charge in [0.2, 0.25) is 11.8 Å². The summed E-state index contributed by atoms with van der Waals surface area (Å²) < 4.78 is 5.69. The van der Waals surface area contributed by atoms with Gasteiger partial charge in [-0.3, -0.25) is 9.69 Å². The first-order chi connectivity index (χ1) is 20.3. The van der Waals surface area contributed by atoms with Gasteiger partial charge in [-0.05, 0) is 28.8 Å². The Hall–Kier alpha value is -3.46. The Morgan fingerprint density at radius 1 is 0.881 bits per heavy atom. The quantitative estimate of drug-likeness (QED) is 0.256. The molecule has 1 aliphatic heterocycles. The lowest BCUT2D eigenvalue weighted by atomic mass is 9.95. The van der Waals surface area contributed by atoms with Crippen LogP contribution in [0.15, 0.2) is 66.7 Å². The van der Waals surface area contributed by atoms with Crippen molar-refractivity contribution in [2.24, 2.45) is 5.73 Å². The Morgan fingerprint density at radius 3 is 2.12 bits per heavy atom. The molecule has 2 heterocycles. The lowest BCUT2D eigenvalue weighted by Gasteiger charge is -2.34. The molecule has 42 heavy (non-hydrogen) atoms. The van der Waals surface area contributed by atoms with Gasteiger partial charge in [-0.25, -0.2) is 4.98 Å². The van der Waals surface area contributed by atoms with E-state index in [9.17, 15) is 9.90 Å². The molecule has 0 atom stereocenters. The summed E-state index contributed by atoms with van der Waals surface area (Å²) in [6, 6.07) is 21.5. The standard InChI is InChI=1S/C33H34Cl2N4O3/c1-21(41)39-15-13-38(14-16-39)19-24-11-12-30(37-33(24)42-2)29-8-4-7-28(32(29)35)27-6-3-5-26(31(27)34)22-9-10-23(18-36)25(17-22)20-40/h3-12,17,40H,13-16,18-20,36H2,1-2H3. The first kappa shape index (κ1) is 30.0. The summed E-state index contributed by atoms with van der Waals surface area (Å²) in [6.45, 7) is 5.59. The number of carbonyl (C=O) groups excluding carboxylic acids is 1. The van der Waals surface area contributed by atoms with Gasteiger partial charge in [0.25, 0.3) is 0 Å². The van der Waals surface area contributed by atoms with E-state index in [-0.39, 0.29) is 12.5 Å². The number of hydrogen-bond donors (Lipinski definition) is 2. The van der Waals surface area contributed by atoms with Crippen LogP contribution in [0, 0.1) is 0 Å². The van der Waals surface area contributed by atoms with Crippen molar-refractivity contribution in [1.29, 1.82) is 0 Å². The molecule has 0 spiro atoms. The van der Waals surface area contributed by atoms with Crippen LogP contribution in [-0.2, 0) is 24.5 Å². The molecular formula is C33H34Cl2N4O3. The molecular weight excluding hydrogens is 571 g/mol. The smallest absolute Gasteiger partial charge is 0.219 e. The van der Waals surface area contributed by atoms with Crippen molar-refractivity contribution in [2.45, 2.75) is 26.6 Å². The van der Waals surface area contributed by atoms with Crippen LogP contribution in [0.1, 0.15) is 23.6 Å². The normalized spacial score (nSPS) is 13.8. The van der Waals surface area contributed by atoms with Crippen molar-refractivity contribution in [1.82, 2.24) is 14.8 Å². The molecule has 7 nitrogen and oxygen atoms in total. The van der Waals surface area contributed by atoms with Crippen molar-refractivity contribution in [3.8, 4) is 39.4 Å². The molecule has 0 saturated carbocycles. The number of pyridine rings is 1. The van der Waals surface area contributed by atoms with E-state index in [0.717, 1.165) is 70.7 Å². The second-order valence-electron chi connectivity index (χ2n) is 10.3. The van der Waals surface area contributed by atoms with E-state index in [4.69, 9.17) is 38.7 Å².